The first-order chi connectivity index (χ1) is 10.7. The third-order valence-corrected chi connectivity index (χ3v) is 3.49. The first kappa shape index (κ1) is 16.9. The number of aromatic nitrogens is 1. The summed E-state index contributed by atoms with van der Waals surface area (Å²) in [5.41, 5.74) is 3.86. The van der Waals surface area contributed by atoms with Gasteiger partial charge in [0.2, 0.25) is 0 Å². The van der Waals surface area contributed by atoms with Crippen molar-refractivity contribution in [2.24, 2.45) is 0 Å². The van der Waals surface area contributed by atoms with Crippen molar-refractivity contribution in [3.8, 4) is 11.5 Å². The number of methoxy groups -OCH3 is 2. The van der Waals surface area contributed by atoms with E-state index in [2.05, 4.69) is 10.3 Å². The summed E-state index contributed by atoms with van der Waals surface area (Å²) < 4.78 is 10.6. The Balaban J connectivity index is 0.00000192. The number of ether oxygens (including phenoxy) is 2. The summed E-state index contributed by atoms with van der Waals surface area (Å²) >= 11 is 0. The van der Waals surface area contributed by atoms with Crippen molar-refractivity contribution in [3.05, 3.63) is 54.2 Å². The number of aryl methyl sites for hydroxylation is 1. The fourth-order valence-corrected chi connectivity index (χ4v) is 2.42. The van der Waals surface area contributed by atoms with Crippen LogP contribution in [0.1, 0.15) is 5.69 Å². The molecule has 0 atom stereocenters. The molecule has 3 aromatic rings. The van der Waals surface area contributed by atoms with E-state index in [1.165, 1.54) is 0 Å². The van der Waals surface area contributed by atoms with Crippen LogP contribution < -0.4 is 27.2 Å². The van der Waals surface area contributed by atoms with Crippen molar-refractivity contribution in [1.29, 1.82) is 0 Å². The molecule has 0 aliphatic heterocycles. The van der Waals surface area contributed by atoms with E-state index >= 15 is 0 Å². The van der Waals surface area contributed by atoms with E-state index in [-0.39, 0.29) is 12.4 Å². The lowest BCUT2D eigenvalue weighted by atomic mass is 10.1. The first-order valence-electron chi connectivity index (χ1n) is 7.06. The molecule has 0 unspecified atom stereocenters. The van der Waals surface area contributed by atoms with Crippen LogP contribution in [-0.2, 0) is 0 Å². The van der Waals surface area contributed by atoms with Gasteiger partial charge < -0.3 is 27.2 Å². The molecule has 3 rings (SSSR count). The minimum absolute atomic E-state index is 0. The normalized spacial score (nSPS) is 10.0. The van der Waals surface area contributed by atoms with Crippen LogP contribution >= 0.6 is 0 Å². The summed E-state index contributed by atoms with van der Waals surface area (Å²) in [6, 6.07) is 15.8. The number of benzene rings is 2. The van der Waals surface area contributed by atoms with Gasteiger partial charge in [-0.05, 0) is 43.3 Å². The zero-order chi connectivity index (χ0) is 15.5. The van der Waals surface area contributed by atoms with Crippen LogP contribution in [-0.4, -0.2) is 19.2 Å². The topological polar surface area (TPSA) is 43.4 Å². The smallest absolute Gasteiger partial charge is 0.120 e. The molecule has 23 heavy (non-hydrogen) atoms. The number of pyridine rings is 1. The minimum Gasteiger partial charge on any atom is -1.00 e. The van der Waals surface area contributed by atoms with E-state index in [1.54, 1.807) is 14.2 Å². The van der Waals surface area contributed by atoms with Crippen molar-refractivity contribution >= 4 is 22.3 Å². The molecule has 0 saturated heterocycles. The second-order valence-electron chi connectivity index (χ2n) is 5.05. The van der Waals surface area contributed by atoms with Crippen LogP contribution in [0.25, 0.3) is 10.9 Å². The monoisotopic (exact) mass is 329 g/mol. The van der Waals surface area contributed by atoms with Crippen molar-refractivity contribution in [2.45, 2.75) is 6.92 Å². The fourth-order valence-electron chi connectivity index (χ4n) is 2.42. The van der Waals surface area contributed by atoms with Crippen molar-refractivity contribution < 1.29 is 21.9 Å². The fraction of sp³-hybridized carbons (Fsp3) is 0.167. The summed E-state index contributed by atoms with van der Waals surface area (Å²) in [6.07, 6.45) is 0. The largest absolute Gasteiger partial charge is 1.00 e. The Morgan fingerprint density at radius 1 is 0.913 bits per heavy atom. The molecule has 1 N–H and O–H groups in total. The van der Waals surface area contributed by atoms with Gasteiger partial charge in [0.1, 0.15) is 11.5 Å². The van der Waals surface area contributed by atoms with E-state index in [9.17, 15) is 0 Å². The van der Waals surface area contributed by atoms with Crippen molar-refractivity contribution in [3.63, 3.8) is 0 Å². The van der Waals surface area contributed by atoms with Gasteiger partial charge in [-0.25, -0.2) is 0 Å². The minimum atomic E-state index is 0. The number of hydrogen-bond donors (Lipinski definition) is 1. The van der Waals surface area contributed by atoms with Crippen LogP contribution in [0.15, 0.2) is 48.5 Å². The lowest BCUT2D eigenvalue weighted by Gasteiger charge is -2.12. The van der Waals surface area contributed by atoms with Gasteiger partial charge in [0.05, 0.1) is 19.7 Å². The Hall–Kier alpha value is -2.46. The molecular weight excluding hydrogens is 312 g/mol. The molecule has 0 aliphatic rings. The van der Waals surface area contributed by atoms with Crippen LogP contribution in [0.4, 0.5) is 11.4 Å². The molecule has 0 aliphatic carbocycles. The Labute approximate surface area is 141 Å². The lowest BCUT2D eigenvalue weighted by Crippen LogP contribution is -3.00. The van der Waals surface area contributed by atoms with E-state index in [4.69, 9.17) is 9.47 Å². The maximum absolute atomic E-state index is 5.32. The van der Waals surface area contributed by atoms with Crippen molar-refractivity contribution in [1.82, 2.24) is 4.98 Å². The number of nitrogens with one attached hydrogen (secondary N) is 1. The van der Waals surface area contributed by atoms with Gasteiger partial charge in [-0.3, -0.25) is 4.98 Å². The van der Waals surface area contributed by atoms with Gasteiger partial charge in [-0.1, -0.05) is 6.07 Å². The quantitative estimate of drug-likeness (QED) is 0.784. The molecule has 0 bridgehead atoms. The van der Waals surface area contributed by atoms with Crippen LogP contribution in [0.5, 0.6) is 11.5 Å². The van der Waals surface area contributed by atoms with Crippen LogP contribution in [0.2, 0.25) is 0 Å². The summed E-state index contributed by atoms with van der Waals surface area (Å²) in [6.45, 7) is 1.99. The van der Waals surface area contributed by atoms with E-state index < -0.39 is 0 Å². The molecule has 1 aromatic heterocycles. The van der Waals surface area contributed by atoms with Crippen molar-refractivity contribution in [2.75, 3.05) is 19.5 Å². The summed E-state index contributed by atoms with van der Waals surface area (Å²) in [5, 5.41) is 4.46. The zero-order valence-electron chi connectivity index (χ0n) is 13.3. The number of fused-ring (bicyclic) bond motifs is 1. The zero-order valence-corrected chi connectivity index (χ0v) is 14.0. The van der Waals surface area contributed by atoms with Gasteiger partial charge in [0, 0.05) is 28.5 Å². The average Bonchev–Trinajstić information content (AvgIpc) is 2.54. The Morgan fingerprint density at radius 3 is 2.39 bits per heavy atom. The van der Waals surface area contributed by atoms with Gasteiger partial charge in [-0.2, -0.15) is 0 Å². The van der Waals surface area contributed by atoms with Gasteiger partial charge in [-0.15, -0.1) is 0 Å². The Morgan fingerprint density at radius 2 is 1.65 bits per heavy atom. The molecule has 0 fully saturated rings. The number of hydrogen-bond acceptors (Lipinski definition) is 4. The van der Waals surface area contributed by atoms with E-state index in [0.29, 0.717) is 0 Å². The highest BCUT2D eigenvalue weighted by Crippen LogP contribution is 2.30. The van der Waals surface area contributed by atoms with E-state index in [0.717, 1.165) is 39.5 Å². The maximum Gasteiger partial charge on any atom is 0.120 e. The summed E-state index contributed by atoms with van der Waals surface area (Å²) in [5.74, 6) is 1.63. The predicted octanol–water partition coefficient (Wildman–Crippen LogP) is 1.31. The number of anilines is 2. The highest BCUT2D eigenvalue weighted by atomic mass is 35.5. The third-order valence-electron chi connectivity index (χ3n) is 3.49. The highest BCUT2D eigenvalue weighted by molar-refractivity contribution is 5.94. The van der Waals surface area contributed by atoms with Crippen LogP contribution in [0, 0.1) is 6.92 Å². The molecule has 5 heteroatoms. The molecule has 0 radical (unpaired) electrons. The number of halogens is 1. The molecule has 1 heterocycles. The number of nitrogens with zero attached hydrogens (tertiary/aromatic N) is 1. The first-order valence-corrected chi connectivity index (χ1v) is 7.06. The second kappa shape index (κ2) is 7.20. The Kier molecular flexibility index (Phi) is 5.29. The van der Waals surface area contributed by atoms with E-state index in [1.807, 2.05) is 55.5 Å². The molecule has 0 spiro atoms. The third kappa shape index (κ3) is 3.66. The van der Waals surface area contributed by atoms with Crippen LogP contribution in [0.3, 0.4) is 0 Å². The van der Waals surface area contributed by atoms with Gasteiger partial charge in [0.25, 0.3) is 0 Å². The molecule has 4 nitrogen and oxygen atoms in total. The standard InChI is InChI=1S/C18H18N2O2.ClH/c1-12-9-18(20-13-5-4-6-14(10-13)21-2)16-11-15(22-3)7-8-17(16)19-12;/h4-11H,1-3H3,(H,19,20);1H/p-1. The number of rotatable bonds is 4. The predicted molar refractivity (Wildman–Crippen MR) is 89.3 cm³/mol. The average molecular weight is 330 g/mol. The van der Waals surface area contributed by atoms with Gasteiger partial charge >= 0.3 is 0 Å². The maximum atomic E-state index is 5.32. The summed E-state index contributed by atoms with van der Waals surface area (Å²) in [4.78, 5) is 4.57. The van der Waals surface area contributed by atoms with Gasteiger partial charge in [0.15, 0.2) is 0 Å². The Bertz CT molecular complexity index is 821. The molecule has 0 amide bonds. The molecule has 120 valence electrons. The molecule has 2 aromatic carbocycles. The SMILES string of the molecule is COc1cccc(Nc2cc(C)nc3ccc(OC)cc23)c1.[Cl-]. The molecular formula is C18H18ClN2O2-. The highest BCUT2D eigenvalue weighted by Gasteiger charge is 2.07. The molecule has 0 saturated carbocycles. The summed E-state index contributed by atoms with van der Waals surface area (Å²) in [7, 11) is 3.33. The lowest BCUT2D eigenvalue weighted by molar-refractivity contribution is -0.00000519. The second-order valence-corrected chi connectivity index (χ2v) is 5.05.